The minimum atomic E-state index is -4.46. The Kier molecular flexibility index (Phi) is 17.6. The Bertz CT molecular complexity index is 2410. The van der Waals surface area contributed by atoms with Gasteiger partial charge in [-0.05, 0) is 141 Å². The van der Waals surface area contributed by atoms with Crippen LogP contribution in [0.1, 0.15) is 113 Å². The van der Waals surface area contributed by atoms with Crippen molar-refractivity contribution in [1.82, 2.24) is 30.6 Å². The fourth-order valence-corrected chi connectivity index (χ4v) is 10.3. The van der Waals surface area contributed by atoms with E-state index in [-0.39, 0.29) is 37.1 Å². The van der Waals surface area contributed by atoms with Gasteiger partial charge in [-0.15, -0.1) is 0 Å². The van der Waals surface area contributed by atoms with Crippen LogP contribution < -0.4 is 30.1 Å². The molecule has 2 saturated carbocycles. The fraction of sp³-hybridized carbons (Fsp3) is 0.694. The number of hydrogen-bond acceptors (Lipinski definition) is 16. The monoisotopic (exact) mass is 1030 g/mol. The molecule has 5 N–H and O–H groups in total. The van der Waals surface area contributed by atoms with Gasteiger partial charge in [0.2, 0.25) is 17.7 Å². The van der Waals surface area contributed by atoms with E-state index < -0.39 is 92.8 Å². The summed E-state index contributed by atoms with van der Waals surface area (Å²) >= 11 is 0. The van der Waals surface area contributed by atoms with Gasteiger partial charge in [-0.2, -0.15) is 8.42 Å². The first-order valence-corrected chi connectivity index (χ1v) is 26.0. The Morgan fingerprint density at radius 2 is 1.44 bits per heavy atom. The summed E-state index contributed by atoms with van der Waals surface area (Å²) in [6, 6.07) is 4.11. The van der Waals surface area contributed by atoms with E-state index in [0.29, 0.717) is 88.4 Å². The number of methoxy groups -OCH3 is 1. The van der Waals surface area contributed by atoms with E-state index in [1.54, 1.807) is 67.8 Å². The summed E-state index contributed by atoms with van der Waals surface area (Å²) in [4.78, 5) is 84.4. The van der Waals surface area contributed by atoms with Crippen molar-refractivity contribution in [3.05, 3.63) is 30.5 Å². The molecule has 3 aliphatic heterocycles. The minimum Gasteiger partial charge on any atom is -0.497 e. The maximum absolute atomic E-state index is 14.7. The second-order valence-corrected chi connectivity index (χ2v) is 22.6. The molecular weight excluding hydrogens is 961 g/mol. The van der Waals surface area contributed by atoms with Crippen LogP contribution in [0.15, 0.2) is 30.5 Å². The molecule has 3 saturated heterocycles. The van der Waals surface area contributed by atoms with E-state index in [4.69, 9.17) is 37.7 Å². The lowest BCUT2D eigenvalue weighted by molar-refractivity contribution is -0.143. The molecule has 2 aliphatic carbocycles. The van der Waals surface area contributed by atoms with Crippen LogP contribution in [-0.4, -0.2) is 146 Å². The number of nitrogens with zero attached hydrogens (tertiary/aromatic N) is 2. The van der Waals surface area contributed by atoms with Crippen LogP contribution in [0.2, 0.25) is 0 Å². The highest BCUT2D eigenvalue weighted by atomic mass is 32.2. The van der Waals surface area contributed by atoms with E-state index in [1.165, 1.54) is 4.90 Å². The summed E-state index contributed by atoms with van der Waals surface area (Å²) in [5, 5.41) is 18.7. The van der Waals surface area contributed by atoms with Crippen molar-refractivity contribution in [2.45, 2.75) is 160 Å². The smallest absolute Gasteiger partial charge is 0.408 e. The number of nitrogens with one attached hydrogen (secondary N) is 4. The average molecular weight is 1030 g/mol. The largest absolute Gasteiger partial charge is 0.497 e. The number of fused-ring (bicyclic) bond motifs is 1. The van der Waals surface area contributed by atoms with Gasteiger partial charge in [0.1, 0.15) is 46.7 Å². The van der Waals surface area contributed by atoms with Crippen molar-refractivity contribution in [2.75, 3.05) is 40.1 Å². The first-order valence-electron chi connectivity index (χ1n) is 24.6. The van der Waals surface area contributed by atoms with E-state index in [9.17, 15) is 37.2 Å². The van der Waals surface area contributed by atoms with Crippen molar-refractivity contribution < 1.29 is 74.9 Å². The van der Waals surface area contributed by atoms with Gasteiger partial charge < -0.3 is 54.4 Å². The molecule has 5 fully saturated rings. The Morgan fingerprint density at radius 3 is 1.96 bits per heavy atom. The summed E-state index contributed by atoms with van der Waals surface area (Å²) in [6.07, 6.45) is 3.40. The van der Waals surface area contributed by atoms with Crippen molar-refractivity contribution in [1.29, 1.82) is 0 Å². The summed E-state index contributed by atoms with van der Waals surface area (Å²) in [7, 11) is -2.89. The number of pyridine rings is 1. The van der Waals surface area contributed by atoms with Crippen molar-refractivity contribution in [3.8, 4) is 11.6 Å². The molecule has 5 aliphatic rings. The Morgan fingerprint density at radius 1 is 0.875 bits per heavy atom. The van der Waals surface area contributed by atoms with Crippen LogP contribution in [0.25, 0.3) is 10.8 Å². The van der Waals surface area contributed by atoms with Crippen LogP contribution in [0.3, 0.4) is 0 Å². The molecule has 2 aromatic rings. The van der Waals surface area contributed by atoms with Crippen LogP contribution in [0, 0.1) is 17.8 Å². The number of likely N-dealkylation sites (tertiary alicyclic amines) is 1. The molecule has 0 unspecified atom stereocenters. The molecule has 72 heavy (non-hydrogen) atoms. The maximum atomic E-state index is 14.7. The predicted octanol–water partition coefficient (Wildman–Crippen LogP) is 4.52. The first kappa shape index (κ1) is 55.8. The van der Waals surface area contributed by atoms with Crippen LogP contribution in [-0.2, 0) is 52.6 Å². The molecule has 5 amide bonds. The van der Waals surface area contributed by atoms with Crippen molar-refractivity contribution in [3.63, 3.8) is 0 Å². The van der Waals surface area contributed by atoms with Gasteiger partial charge >= 0.3 is 28.5 Å². The van der Waals surface area contributed by atoms with Gasteiger partial charge in [-0.25, -0.2) is 28.3 Å². The highest BCUT2D eigenvalue weighted by Crippen LogP contribution is 2.47. The Hall–Kier alpha value is -5.52. The third kappa shape index (κ3) is 15.0. The molecular formula is C49H72N6O16S. The maximum Gasteiger partial charge on any atom is 0.408 e. The van der Waals surface area contributed by atoms with E-state index in [1.807, 2.05) is 29.8 Å². The summed E-state index contributed by atoms with van der Waals surface area (Å²) < 4.78 is 65.9. The number of alkyl carbamates (subject to hydrolysis) is 2. The van der Waals surface area contributed by atoms with E-state index in [2.05, 4.69) is 20.9 Å². The Balaban J connectivity index is 0.000000397. The zero-order chi connectivity index (χ0) is 52.8. The van der Waals surface area contributed by atoms with Gasteiger partial charge in [0, 0.05) is 44.4 Å². The first-order chi connectivity index (χ1) is 33.7. The molecule has 400 valence electrons. The topological polar surface area (TPSA) is 286 Å². The van der Waals surface area contributed by atoms with Crippen molar-refractivity contribution >= 4 is 57.0 Å². The molecule has 23 heteroatoms. The number of amides is 5. The summed E-state index contributed by atoms with van der Waals surface area (Å²) in [6.45, 7) is 15.6. The lowest BCUT2D eigenvalue weighted by Gasteiger charge is -2.35. The molecule has 4 heterocycles. The molecule has 1 aromatic carbocycles. The lowest BCUT2D eigenvalue weighted by Crippen LogP contribution is -2.59. The highest BCUT2D eigenvalue weighted by molar-refractivity contribution is 7.85. The number of benzene rings is 1. The second-order valence-electron chi connectivity index (χ2n) is 21.4. The molecule has 0 bridgehead atoms. The van der Waals surface area contributed by atoms with Gasteiger partial charge in [0.25, 0.3) is 5.91 Å². The average Bonchev–Trinajstić information content (AvgIpc) is 4.17. The van der Waals surface area contributed by atoms with Gasteiger partial charge in [0.05, 0.1) is 19.3 Å². The quantitative estimate of drug-likeness (QED) is 0.155. The van der Waals surface area contributed by atoms with Crippen molar-refractivity contribution in [2.24, 2.45) is 17.8 Å². The third-order valence-corrected chi connectivity index (χ3v) is 14.3. The van der Waals surface area contributed by atoms with Crippen LogP contribution in [0.4, 0.5) is 9.59 Å². The number of hydrogen-bond donors (Lipinski definition) is 5. The number of rotatable bonds is 16. The predicted molar refractivity (Wildman–Crippen MR) is 259 cm³/mol. The number of ether oxygens (including phenoxy) is 6. The highest BCUT2D eigenvalue weighted by Gasteiger charge is 2.62. The van der Waals surface area contributed by atoms with E-state index >= 15 is 0 Å². The number of aromatic nitrogens is 1. The minimum absolute atomic E-state index is 0.0208. The second kappa shape index (κ2) is 22.7. The number of carboxylic acids is 1. The number of carboxylic acid groups (broad SMARTS) is 1. The number of aliphatic carboxylic acids is 1. The van der Waals surface area contributed by atoms with Gasteiger partial charge in [-0.3, -0.25) is 14.4 Å². The number of carbonyl (C=O) groups is 6. The van der Waals surface area contributed by atoms with E-state index in [0.717, 1.165) is 5.39 Å². The normalized spacial score (nSPS) is 24.0. The summed E-state index contributed by atoms with van der Waals surface area (Å²) in [5.41, 5.74) is -3.87. The van der Waals surface area contributed by atoms with Gasteiger partial charge in [-0.1, -0.05) is 13.3 Å². The van der Waals surface area contributed by atoms with Crippen LogP contribution >= 0.6 is 0 Å². The number of carbonyl (C=O) groups excluding carboxylic acids is 5. The molecule has 22 nitrogen and oxygen atoms in total. The Labute approximate surface area is 420 Å². The zero-order valence-electron chi connectivity index (χ0n) is 42.7. The third-order valence-electron chi connectivity index (χ3n) is 13.2. The SMILES string of the molecule is CC(C)(C)OC(=O)N[C@H](C(=O)O)C1CCOCC1.CC[C@@H]1C[C@]1(NC(=O)[C@@H]1C[C@@H](Oc2nccc3cc(OC)ccc23)CN1C(=O)[C@@H](NC(=O)OC(C)(C)C)C1CCOCC1)C(=O)NS(=O)(=O)OC1(C)CC1. The standard InChI is InChI=1S/C37H51N5O11S.C12H21NO5/c1-7-24-20-37(24,33(45)41-54(47,48)53-36(5)13-14-36)40-30(43)28-19-26(51-31-27-9-8-25(49-6)18-23(27)10-15-38-31)21-42(28)32(44)29(22-11-16-50-17-12-22)39-34(46)52-35(2,3)4;1-12(2,3)18-11(16)13-9(10(14)15)8-4-6-17-7-5-8/h8-10,15,18,22,24,26,28-29H,7,11-14,16-17,19-21H2,1-6H3,(H,39,46)(H,40,43)(H,41,45);8-9H,4-7H2,1-3H3,(H,13,16)(H,14,15)/t24-,26-,28+,29+,37-;9-/m10/s1. The summed E-state index contributed by atoms with van der Waals surface area (Å²) in [5.74, 6) is -2.96. The molecule has 1 aromatic heterocycles. The molecule has 0 radical (unpaired) electrons. The zero-order valence-corrected chi connectivity index (χ0v) is 43.5. The fourth-order valence-electron chi connectivity index (χ4n) is 9.15. The molecule has 0 spiro atoms. The lowest BCUT2D eigenvalue weighted by atomic mass is 9.90. The van der Waals surface area contributed by atoms with Crippen LogP contribution in [0.5, 0.6) is 11.6 Å². The van der Waals surface area contributed by atoms with Gasteiger partial charge in [0.15, 0.2) is 0 Å². The molecule has 7 rings (SSSR count). The molecule has 6 atom stereocenters.